The molecule has 0 amide bonds. The van der Waals surface area contributed by atoms with Crippen LogP contribution in [-0.4, -0.2) is 51.0 Å². The van der Waals surface area contributed by atoms with Gasteiger partial charge in [-0.25, -0.2) is 18.4 Å². The fourth-order valence-corrected chi connectivity index (χ4v) is 4.44. The molecule has 2 aliphatic rings. The molecule has 1 aromatic carbocycles. The van der Waals surface area contributed by atoms with Crippen LogP contribution in [0.3, 0.4) is 0 Å². The number of piperidine rings is 1. The number of benzene rings is 1. The molecule has 25 heavy (non-hydrogen) atoms. The van der Waals surface area contributed by atoms with Crippen molar-refractivity contribution in [3.8, 4) is 0 Å². The molecule has 0 spiro atoms. The van der Waals surface area contributed by atoms with Gasteiger partial charge in [-0.2, -0.15) is 5.10 Å². The van der Waals surface area contributed by atoms with E-state index >= 15 is 0 Å². The minimum Gasteiger partial charge on any atom is -0.326 e. The molecule has 0 radical (unpaired) electrons. The van der Waals surface area contributed by atoms with Gasteiger partial charge in [-0.05, 0) is 42.9 Å². The van der Waals surface area contributed by atoms with E-state index in [1.54, 1.807) is 6.33 Å². The Kier molecular flexibility index (Phi) is 4.52. The molecule has 2 heterocycles. The lowest BCUT2D eigenvalue weighted by atomic mass is 9.96. The van der Waals surface area contributed by atoms with E-state index in [9.17, 15) is 8.78 Å². The van der Waals surface area contributed by atoms with Crippen molar-refractivity contribution in [3.05, 3.63) is 48.3 Å². The summed E-state index contributed by atoms with van der Waals surface area (Å²) in [5.74, 6) is 0.0596. The molecule has 1 saturated heterocycles. The number of hydrogen-bond acceptors (Lipinski definition) is 4. The van der Waals surface area contributed by atoms with E-state index in [-0.39, 0.29) is 29.9 Å². The van der Waals surface area contributed by atoms with Crippen molar-refractivity contribution in [1.29, 1.82) is 0 Å². The summed E-state index contributed by atoms with van der Waals surface area (Å²) in [6.07, 6.45) is 4.56. The van der Waals surface area contributed by atoms with Gasteiger partial charge < -0.3 is 5.73 Å². The molecule has 7 heteroatoms. The zero-order valence-corrected chi connectivity index (χ0v) is 14.0. The average molecular weight is 347 g/mol. The summed E-state index contributed by atoms with van der Waals surface area (Å²) in [4.78, 5) is 6.25. The number of nitrogens with two attached hydrogens (primary N) is 1. The molecule has 1 saturated carbocycles. The van der Waals surface area contributed by atoms with Crippen LogP contribution in [0.1, 0.15) is 36.8 Å². The summed E-state index contributed by atoms with van der Waals surface area (Å²) in [6.45, 7) is 1.12. The van der Waals surface area contributed by atoms with Crippen LogP contribution in [0.4, 0.5) is 8.78 Å². The highest BCUT2D eigenvalue weighted by Gasteiger charge is 2.42. The van der Waals surface area contributed by atoms with E-state index in [4.69, 9.17) is 5.73 Å². The maximum atomic E-state index is 14.1. The first-order chi connectivity index (χ1) is 12.1. The summed E-state index contributed by atoms with van der Waals surface area (Å²) in [7, 11) is 0. The number of rotatable bonds is 3. The van der Waals surface area contributed by atoms with E-state index in [1.165, 1.54) is 18.5 Å². The highest BCUT2D eigenvalue weighted by Crippen LogP contribution is 2.43. The zero-order valence-electron chi connectivity index (χ0n) is 14.0. The van der Waals surface area contributed by atoms with Crippen LogP contribution in [-0.2, 0) is 0 Å². The third-order valence-electron chi connectivity index (χ3n) is 5.54. The monoisotopic (exact) mass is 347 g/mol. The number of alkyl halides is 1. The van der Waals surface area contributed by atoms with Crippen LogP contribution < -0.4 is 5.73 Å². The van der Waals surface area contributed by atoms with Gasteiger partial charge in [0.2, 0.25) is 0 Å². The minimum absolute atomic E-state index is 0.120. The van der Waals surface area contributed by atoms with Crippen molar-refractivity contribution in [2.24, 2.45) is 5.73 Å². The lowest BCUT2D eigenvalue weighted by Gasteiger charge is -2.39. The Morgan fingerprint density at radius 1 is 1.04 bits per heavy atom. The summed E-state index contributed by atoms with van der Waals surface area (Å²) in [5.41, 5.74) is 7.17. The van der Waals surface area contributed by atoms with Gasteiger partial charge in [0.05, 0.1) is 6.04 Å². The van der Waals surface area contributed by atoms with Gasteiger partial charge in [-0.3, -0.25) is 4.90 Å². The third-order valence-corrected chi connectivity index (χ3v) is 5.54. The van der Waals surface area contributed by atoms with Gasteiger partial charge in [0, 0.05) is 25.2 Å². The van der Waals surface area contributed by atoms with Crippen LogP contribution in [0.25, 0.3) is 0 Å². The van der Waals surface area contributed by atoms with Crippen LogP contribution in [0.5, 0.6) is 0 Å². The Bertz CT molecular complexity index is 680. The third kappa shape index (κ3) is 3.43. The number of likely N-dealkylation sites (tertiary alicyclic amines) is 1. The van der Waals surface area contributed by atoms with E-state index in [0.29, 0.717) is 19.5 Å². The predicted octanol–water partition coefficient (Wildman–Crippen LogP) is 2.28. The van der Waals surface area contributed by atoms with Crippen LogP contribution in [0, 0.1) is 5.82 Å². The fraction of sp³-hybridized carbons (Fsp3) is 0.556. The molecule has 4 unspecified atom stereocenters. The maximum Gasteiger partial charge on any atom is 0.137 e. The Balaban J connectivity index is 1.59. The number of aromatic nitrogens is 3. The van der Waals surface area contributed by atoms with E-state index in [1.807, 2.05) is 16.8 Å². The summed E-state index contributed by atoms with van der Waals surface area (Å²) in [5, 5.41) is 4.32. The Morgan fingerprint density at radius 2 is 1.80 bits per heavy atom. The van der Waals surface area contributed by atoms with E-state index < -0.39 is 6.17 Å². The zero-order chi connectivity index (χ0) is 17.4. The summed E-state index contributed by atoms with van der Waals surface area (Å²) >= 11 is 0. The highest BCUT2D eigenvalue weighted by molar-refractivity contribution is 5.23. The van der Waals surface area contributed by atoms with Gasteiger partial charge in [-0.15, -0.1) is 0 Å². The average Bonchev–Trinajstić information content (AvgIpc) is 3.24. The summed E-state index contributed by atoms with van der Waals surface area (Å²) in [6, 6.07) is 6.84. The molecular formula is C18H23F2N5. The molecule has 134 valence electrons. The normalized spacial score (nSPS) is 33.6. The quantitative estimate of drug-likeness (QED) is 0.925. The fourth-order valence-electron chi connectivity index (χ4n) is 4.44. The number of hydrogen-bond donors (Lipinski definition) is 1. The molecule has 0 bridgehead atoms. The first kappa shape index (κ1) is 16.6. The van der Waals surface area contributed by atoms with Gasteiger partial charge >= 0.3 is 0 Å². The molecule has 2 aromatic rings. The molecule has 2 N–H and O–H groups in total. The topological polar surface area (TPSA) is 60.0 Å². The first-order valence-corrected chi connectivity index (χ1v) is 8.83. The SMILES string of the molecule is NC1CC(F)CN(C2CC(c3ccc(F)cc3)C[C@H]2n2cncn2)C1. The van der Waals surface area contributed by atoms with Crippen molar-refractivity contribution in [2.75, 3.05) is 13.1 Å². The van der Waals surface area contributed by atoms with Crippen molar-refractivity contribution < 1.29 is 8.78 Å². The van der Waals surface area contributed by atoms with Crippen molar-refractivity contribution >= 4 is 0 Å². The Morgan fingerprint density at radius 3 is 2.48 bits per heavy atom. The molecule has 1 aromatic heterocycles. The van der Waals surface area contributed by atoms with Gasteiger partial charge in [0.1, 0.15) is 24.6 Å². The Hall–Kier alpha value is -1.86. The lowest BCUT2D eigenvalue weighted by molar-refractivity contribution is 0.0690. The molecule has 5 nitrogen and oxygen atoms in total. The van der Waals surface area contributed by atoms with E-state index in [0.717, 1.165) is 18.4 Å². The van der Waals surface area contributed by atoms with Crippen LogP contribution in [0.15, 0.2) is 36.9 Å². The van der Waals surface area contributed by atoms with Crippen molar-refractivity contribution in [1.82, 2.24) is 19.7 Å². The lowest BCUT2D eigenvalue weighted by Crippen LogP contribution is -2.53. The van der Waals surface area contributed by atoms with Crippen LogP contribution >= 0.6 is 0 Å². The van der Waals surface area contributed by atoms with Gasteiger partial charge in [0.15, 0.2) is 0 Å². The van der Waals surface area contributed by atoms with Crippen LogP contribution in [0.2, 0.25) is 0 Å². The maximum absolute atomic E-state index is 14.1. The second-order valence-corrected chi connectivity index (χ2v) is 7.28. The molecule has 4 rings (SSSR count). The second-order valence-electron chi connectivity index (χ2n) is 7.28. The minimum atomic E-state index is -0.884. The number of nitrogens with zero attached hydrogens (tertiary/aromatic N) is 4. The Labute approximate surface area is 145 Å². The molecule has 2 fully saturated rings. The van der Waals surface area contributed by atoms with E-state index in [2.05, 4.69) is 15.0 Å². The molecule has 1 aliphatic carbocycles. The van der Waals surface area contributed by atoms with Gasteiger partial charge in [-0.1, -0.05) is 12.1 Å². The second kappa shape index (κ2) is 6.80. The molecular weight excluding hydrogens is 324 g/mol. The first-order valence-electron chi connectivity index (χ1n) is 8.83. The highest BCUT2D eigenvalue weighted by atomic mass is 19.1. The summed E-state index contributed by atoms with van der Waals surface area (Å²) < 4.78 is 29.2. The predicted molar refractivity (Wildman–Crippen MR) is 90.3 cm³/mol. The largest absolute Gasteiger partial charge is 0.326 e. The standard InChI is InChI=1S/C18H23F2N5/c19-14-3-1-12(2-4-14)13-5-17(18(6-13)25-11-22-10-23-25)24-8-15(20)7-16(21)9-24/h1-4,10-11,13,15-18H,5-9,21H2/t13?,15?,16?,17?,18-/m1/s1. The smallest absolute Gasteiger partial charge is 0.137 e. The number of halogens is 2. The van der Waals surface area contributed by atoms with Crippen molar-refractivity contribution in [2.45, 2.75) is 49.5 Å². The van der Waals surface area contributed by atoms with Crippen molar-refractivity contribution in [3.63, 3.8) is 0 Å². The molecule has 1 aliphatic heterocycles. The van der Waals surface area contributed by atoms with Gasteiger partial charge in [0.25, 0.3) is 0 Å². The molecule has 5 atom stereocenters.